The molecule has 0 saturated carbocycles. The number of carbonyl (C=O) groups is 2. The van der Waals surface area contributed by atoms with Crippen molar-refractivity contribution in [3.8, 4) is 11.3 Å². The van der Waals surface area contributed by atoms with Crippen molar-refractivity contribution < 1.29 is 19.4 Å². The molecule has 3 N–H and O–H groups in total. The van der Waals surface area contributed by atoms with Gasteiger partial charge in [0.2, 0.25) is 0 Å². The minimum Gasteiger partial charge on any atom is -0.480 e. The Morgan fingerprint density at radius 1 is 1.36 bits per heavy atom. The van der Waals surface area contributed by atoms with Gasteiger partial charge in [-0.25, -0.2) is 4.79 Å². The largest absolute Gasteiger partial charge is 0.480 e. The summed E-state index contributed by atoms with van der Waals surface area (Å²) in [4.78, 5) is 23.9. The van der Waals surface area contributed by atoms with Crippen LogP contribution >= 0.6 is 0 Å². The molecule has 132 valence electrons. The zero-order chi connectivity index (χ0) is 17.8. The number of aromatic nitrogens is 2. The minimum absolute atomic E-state index is 0.227. The standard InChI is InChI=1S/C18H21N3O4/c1-11-4-6-12(7-5-11)14-9-15(21-20-14)17(22)19-16(18(23)24)13-3-2-8-25-10-13/h4-7,9,13,16H,2-3,8,10H2,1H3,(H,19,22)(H,20,21)(H,23,24). The first-order valence-electron chi connectivity index (χ1n) is 8.28. The molecule has 25 heavy (non-hydrogen) atoms. The first-order valence-corrected chi connectivity index (χ1v) is 8.28. The number of rotatable bonds is 5. The molecule has 1 aromatic heterocycles. The number of amides is 1. The molecule has 2 atom stereocenters. The fraction of sp³-hybridized carbons (Fsp3) is 0.389. The predicted octanol–water partition coefficient (Wildman–Crippen LogP) is 1.99. The summed E-state index contributed by atoms with van der Waals surface area (Å²) >= 11 is 0. The van der Waals surface area contributed by atoms with Gasteiger partial charge in [-0.2, -0.15) is 5.10 Å². The van der Waals surface area contributed by atoms with Crippen LogP contribution in [0.4, 0.5) is 0 Å². The number of hydrogen-bond donors (Lipinski definition) is 3. The third kappa shape index (κ3) is 4.06. The van der Waals surface area contributed by atoms with E-state index in [0.717, 1.165) is 24.0 Å². The van der Waals surface area contributed by atoms with E-state index in [1.54, 1.807) is 6.07 Å². The van der Waals surface area contributed by atoms with Gasteiger partial charge in [0, 0.05) is 18.1 Å². The number of aryl methyl sites for hydroxylation is 1. The number of carbonyl (C=O) groups excluding carboxylic acids is 1. The smallest absolute Gasteiger partial charge is 0.326 e. The lowest BCUT2D eigenvalue weighted by molar-refractivity contribution is -0.142. The number of benzene rings is 1. The molecule has 1 aromatic carbocycles. The molecule has 2 aromatic rings. The number of carboxylic acid groups (broad SMARTS) is 1. The first-order chi connectivity index (χ1) is 12.0. The zero-order valence-corrected chi connectivity index (χ0v) is 14.0. The molecular weight excluding hydrogens is 322 g/mol. The maximum atomic E-state index is 12.4. The topological polar surface area (TPSA) is 104 Å². The van der Waals surface area contributed by atoms with Gasteiger partial charge in [0.25, 0.3) is 5.91 Å². The van der Waals surface area contributed by atoms with Crippen LogP contribution in [0.2, 0.25) is 0 Å². The number of aromatic amines is 1. The number of aliphatic carboxylic acids is 1. The highest BCUT2D eigenvalue weighted by Gasteiger charge is 2.32. The van der Waals surface area contributed by atoms with Gasteiger partial charge in [-0.05, 0) is 25.8 Å². The van der Waals surface area contributed by atoms with Gasteiger partial charge >= 0.3 is 5.97 Å². The molecule has 2 heterocycles. The average Bonchev–Trinajstić information content (AvgIpc) is 3.11. The third-order valence-electron chi connectivity index (χ3n) is 4.39. The molecule has 1 amide bonds. The van der Waals surface area contributed by atoms with Crippen molar-refractivity contribution in [3.63, 3.8) is 0 Å². The van der Waals surface area contributed by atoms with Crippen molar-refractivity contribution in [2.75, 3.05) is 13.2 Å². The number of ether oxygens (including phenoxy) is 1. The van der Waals surface area contributed by atoms with Gasteiger partial charge in [0.15, 0.2) is 0 Å². The molecule has 2 unspecified atom stereocenters. The number of nitrogens with one attached hydrogen (secondary N) is 2. The molecule has 0 spiro atoms. The van der Waals surface area contributed by atoms with Crippen molar-refractivity contribution in [2.24, 2.45) is 5.92 Å². The molecular formula is C18H21N3O4. The normalized spacial score (nSPS) is 18.5. The first kappa shape index (κ1) is 17.2. The number of hydrogen-bond acceptors (Lipinski definition) is 4. The average molecular weight is 343 g/mol. The molecule has 1 fully saturated rings. The maximum Gasteiger partial charge on any atom is 0.326 e. The highest BCUT2D eigenvalue weighted by molar-refractivity contribution is 5.95. The molecule has 1 aliphatic rings. The van der Waals surface area contributed by atoms with Gasteiger partial charge in [-0.3, -0.25) is 9.89 Å². The van der Waals surface area contributed by atoms with Crippen LogP contribution < -0.4 is 5.32 Å². The van der Waals surface area contributed by atoms with E-state index in [-0.39, 0.29) is 11.6 Å². The van der Waals surface area contributed by atoms with E-state index in [9.17, 15) is 14.7 Å². The van der Waals surface area contributed by atoms with Gasteiger partial charge < -0.3 is 15.2 Å². The van der Waals surface area contributed by atoms with Crippen LogP contribution in [-0.2, 0) is 9.53 Å². The van der Waals surface area contributed by atoms with Gasteiger partial charge in [0.05, 0.1) is 12.3 Å². The molecule has 0 bridgehead atoms. The third-order valence-corrected chi connectivity index (χ3v) is 4.39. The van der Waals surface area contributed by atoms with Crippen LogP contribution in [0, 0.1) is 12.8 Å². The second kappa shape index (κ2) is 7.48. The zero-order valence-electron chi connectivity index (χ0n) is 14.0. The van der Waals surface area contributed by atoms with Crippen LogP contribution in [0.5, 0.6) is 0 Å². The van der Waals surface area contributed by atoms with Gasteiger partial charge in [-0.1, -0.05) is 29.8 Å². The molecule has 7 nitrogen and oxygen atoms in total. The highest BCUT2D eigenvalue weighted by atomic mass is 16.5. The summed E-state index contributed by atoms with van der Waals surface area (Å²) in [6.07, 6.45) is 1.51. The minimum atomic E-state index is -1.05. The molecule has 0 aliphatic carbocycles. The van der Waals surface area contributed by atoms with E-state index in [4.69, 9.17) is 4.74 Å². The van der Waals surface area contributed by atoms with Crippen LogP contribution in [0.15, 0.2) is 30.3 Å². The molecule has 3 rings (SSSR count). The summed E-state index contributed by atoms with van der Waals surface area (Å²) in [5.74, 6) is -1.76. The molecule has 1 saturated heterocycles. The molecule has 0 radical (unpaired) electrons. The number of H-pyrrole nitrogens is 1. The highest BCUT2D eigenvalue weighted by Crippen LogP contribution is 2.20. The second-order valence-corrected chi connectivity index (χ2v) is 6.30. The second-order valence-electron chi connectivity index (χ2n) is 6.30. The summed E-state index contributed by atoms with van der Waals surface area (Å²) in [7, 11) is 0. The quantitative estimate of drug-likeness (QED) is 0.770. The van der Waals surface area contributed by atoms with E-state index < -0.39 is 17.9 Å². The molecule has 7 heteroatoms. The fourth-order valence-electron chi connectivity index (χ4n) is 2.94. The summed E-state index contributed by atoms with van der Waals surface area (Å²) in [6, 6.07) is 8.43. The van der Waals surface area contributed by atoms with Crippen LogP contribution in [0.1, 0.15) is 28.9 Å². The van der Waals surface area contributed by atoms with Crippen molar-refractivity contribution >= 4 is 11.9 Å². The van der Waals surface area contributed by atoms with Crippen LogP contribution in [0.25, 0.3) is 11.3 Å². The summed E-state index contributed by atoms with van der Waals surface area (Å²) < 4.78 is 5.34. The van der Waals surface area contributed by atoms with Crippen LogP contribution in [0.3, 0.4) is 0 Å². The summed E-state index contributed by atoms with van der Waals surface area (Å²) in [5.41, 5.74) is 2.89. The number of carboxylic acids is 1. The fourth-order valence-corrected chi connectivity index (χ4v) is 2.94. The lowest BCUT2D eigenvalue weighted by Gasteiger charge is -2.27. The van der Waals surface area contributed by atoms with E-state index in [1.165, 1.54) is 0 Å². The Morgan fingerprint density at radius 3 is 2.76 bits per heavy atom. The van der Waals surface area contributed by atoms with Crippen molar-refractivity contribution in [3.05, 3.63) is 41.6 Å². The Balaban J connectivity index is 1.71. The number of nitrogens with zero attached hydrogens (tertiary/aromatic N) is 1. The summed E-state index contributed by atoms with van der Waals surface area (Å²) in [6.45, 7) is 2.97. The maximum absolute atomic E-state index is 12.4. The van der Waals surface area contributed by atoms with E-state index in [2.05, 4.69) is 15.5 Å². The lowest BCUT2D eigenvalue weighted by atomic mass is 9.93. The Bertz CT molecular complexity index is 748. The van der Waals surface area contributed by atoms with Crippen molar-refractivity contribution in [1.82, 2.24) is 15.5 Å². The Labute approximate surface area is 145 Å². The van der Waals surface area contributed by atoms with E-state index >= 15 is 0 Å². The lowest BCUT2D eigenvalue weighted by Crippen LogP contribution is -2.48. The Kier molecular flexibility index (Phi) is 5.14. The molecule has 1 aliphatic heterocycles. The summed E-state index contributed by atoms with van der Waals surface area (Å²) in [5, 5.41) is 18.8. The predicted molar refractivity (Wildman–Crippen MR) is 91.2 cm³/mol. The van der Waals surface area contributed by atoms with E-state index in [0.29, 0.717) is 18.9 Å². The SMILES string of the molecule is Cc1ccc(-c2cc(C(=O)NC(C(=O)O)C3CCCOC3)[nH]n2)cc1. The Morgan fingerprint density at radius 2 is 2.12 bits per heavy atom. The van der Waals surface area contributed by atoms with Crippen molar-refractivity contribution in [2.45, 2.75) is 25.8 Å². The van der Waals surface area contributed by atoms with Gasteiger partial charge in [-0.15, -0.1) is 0 Å². The Hall–Kier alpha value is -2.67. The van der Waals surface area contributed by atoms with E-state index in [1.807, 2.05) is 31.2 Å². The monoisotopic (exact) mass is 343 g/mol. The van der Waals surface area contributed by atoms with Crippen LogP contribution in [-0.4, -0.2) is 46.4 Å². The van der Waals surface area contributed by atoms with Crippen molar-refractivity contribution in [1.29, 1.82) is 0 Å². The van der Waals surface area contributed by atoms with Gasteiger partial charge in [0.1, 0.15) is 11.7 Å².